The highest BCUT2D eigenvalue weighted by molar-refractivity contribution is 6.30. The van der Waals surface area contributed by atoms with Gasteiger partial charge in [-0.3, -0.25) is 4.79 Å². The highest BCUT2D eigenvalue weighted by Gasteiger charge is 2.48. The first-order valence-corrected chi connectivity index (χ1v) is 10.3. The number of fused-ring (bicyclic) bond motifs is 1. The maximum atomic E-state index is 13.3. The van der Waals surface area contributed by atoms with Crippen molar-refractivity contribution < 1.29 is 14.7 Å². The molecule has 3 atom stereocenters. The Labute approximate surface area is 164 Å². The number of likely N-dealkylation sites (tertiary alicyclic amines) is 1. The van der Waals surface area contributed by atoms with Gasteiger partial charge in [0.05, 0.1) is 5.02 Å². The largest absolute Gasteiger partial charge is 0.480 e. The summed E-state index contributed by atoms with van der Waals surface area (Å²) in [5.74, 6) is 0.363. The Morgan fingerprint density at radius 2 is 1.85 bits per heavy atom. The van der Waals surface area contributed by atoms with Gasteiger partial charge in [-0.15, -0.1) is 0 Å². The molecule has 1 N–H and O–H groups in total. The van der Waals surface area contributed by atoms with Crippen LogP contribution in [0.3, 0.4) is 0 Å². The van der Waals surface area contributed by atoms with Crippen LogP contribution in [0.5, 0.6) is 0 Å². The second kappa shape index (κ2) is 7.66. The molecule has 1 aromatic heterocycles. The monoisotopic (exact) mass is 391 g/mol. The van der Waals surface area contributed by atoms with E-state index < -0.39 is 12.0 Å². The number of halogens is 1. The van der Waals surface area contributed by atoms with Gasteiger partial charge in [0.2, 0.25) is 5.91 Å². The third kappa shape index (κ3) is 3.64. The molecule has 1 aromatic rings. The topological polar surface area (TPSA) is 73.7 Å². The van der Waals surface area contributed by atoms with Gasteiger partial charge in [-0.25, -0.2) is 9.78 Å². The first-order chi connectivity index (χ1) is 13.0. The van der Waals surface area contributed by atoms with Crippen LogP contribution in [0.1, 0.15) is 44.9 Å². The lowest BCUT2D eigenvalue weighted by Gasteiger charge is -2.38. The zero-order chi connectivity index (χ0) is 19.0. The van der Waals surface area contributed by atoms with Gasteiger partial charge in [0.15, 0.2) is 0 Å². The molecule has 1 amide bonds. The number of carboxylic acid groups (broad SMARTS) is 1. The van der Waals surface area contributed by atoms with Gasteiger partial charge in [-0.2, -0.15) is 0 Å². The minimum absolute atomic E-state index is 0.0560. The summed E-state index contributed by atoms with van der Waals surface area (Å²) in [6.07, 6.45) is 8.00. The standard InChI is InChI=1S/C20H26ClN3O3/c21-15-5-6-18(22-12-15)23-9-7-13(8-10-23)19(25)24-16-4-2-1-3-14(16)11-17(24)20(26)27/h5-6,12-14,16-17H,1-4,7-11H2,(H,26,27)/t14-,16+,17+/m1/s1. The van der Waals surface area contributed by atoms with Crippen molar-refractivity contribution in [3.63, 3.8) is 0 Å². The van der Waals surface area contributed by atoms with Crippen LogP contribution in [-0.4, -0.2) is 52.0 Å². The van der Waals surface area contributed by atoms with Crippen LogP contribution in [-0.2, 0) is 9.59 Å². The van der Waals surface area contributed by atoms with Gasteiger partial charge in [-0.05, 0) is 50.2 Å². The van der Waals surface area contributed by atoms with E-state index in [1.165, 1.54) is 0 Å². The number of carbonyl (C=O) groups excluding carboxylic acids is 1. The number of hydrogen-bond donors (Lipinski definition) is 1. The number of aromatic nitrogens is 1. The molecule has 0 spiro atoms. The van der Waals surface area contributed by atoms with Crippen molar-refractivity contribution in [3.05, 3.63) is 23.4 Å². The Kier molecular flexibility index (Phi) is 5.26. The molecular weight excluding hydrogens is 366 g/mol. The van der Waals surface area contributed by atoms with Gasteiger partial charge in [0.25, 0.3) is 0 Å². The Balaban J connectivity index is 1.43. The highest BCUT2D eigenvalue weighted by Crippen LogP contribution is 2.41. The molecule has 6 nitrogen and oxygen atoms in total. The number of pyridine rings is 1. The number of rotatable bonds is 3. The smallest absolute Gasteiger partial charge is 0.326 e. The molecule has 0 bridgehead atoms. The maximum Gasteiger partial charge on any atom is 0.326 e. The van der Waals surface area contributed by atoms with Crippen molar-refractivity contribution in [2.75, 3.05) is 18.0 Å². The van der Waals surface area contributed by atoms with Crippen LogP contribution >= 0.6 is 11.6 Å². The molecule has 2 saturated heterocycles. The van der Waals surface area contributed by atoms with E-state index >= 15 is 0 Å². The Morgan fingerprint density at radius 1 is 1.11 bits per heavy atom. The minimum Gasteiger partial charge on any atom is -0.480 e. The number of carbonyl (C=O) groups is 2. The van der Waals surface area contributed by atoms with Crippen molar-refractivity contribution >= 4 is 29.3 Å². The predicted octanol–water partition coefficient (Wildman–Crippen LogP) is 3.20. The quantitative estimate of drug-likeness (QED) is 0.856. The van der Waals surface area contributed by atoms with E-state index in [4.69, 9.17) is 11.6 Å². The number of anilines is 1. The first-order valence-electron chi connectivity index (χ1n) is 9.96. The number of nitrogens with zero attached hydrogens (tertiary/aromatic N) is 3. The van der Waals surface area contributed by atoms with Crippen LogP contribution in [0.2, 0.25) is 5.02 Å². The average molecular weight is 392 g/mol. The molecule has 0 unspecified atom stereocenters. The van der Waals surface area contributed by atoms with Crippen LogP contribution in [0.4, 0.5) is 5.82 Å². The van der Waals surface area contributed by atoms with Crippen molar-refractivity contribution in [1.82, 2.24) is 9.88 Å². The second-order valence-electron chi connectivity index (χ2n) is 8.04. The summed E-state index contributed by atoms with van der Waals surface area (Å²) in [6, 6.07) is 3.22. The fraction of sp³-hybridized carbons (Fsp3) is 0.650. The molecule has 3 aliphatic rings. The van der Waals surface area contributed by atoms with Gasteiger partial charge in [0.1, 0.15) is 11.9 Å². The summed E-state index contributed by atoms with van der Waals surface area (Å²) in [6.45, 7) is 1.51. The van der Waals surface area contributed by atoms with Gasteiger partial charge in [0, 0.05) is 31.2 Å². The molecule has 27 heavy (non-hydrogen) atoms. The number of hydrogen-bond acceptors (Lipinski definition) is 4. The lowest BCUT2D eigenvalue weighted by atomic mass is 9.84. The van der Waals surface area contributed by atoms with E-state index in [2.05, 4.69) is 9.88 Å². The fourth-order valence-corrected chi connectivity index (χ4v) is 5.23. The predicted molar refractivity (Wildman–Crippen MR) is 103 cm³/mol. The molecule has 7 heteroatoms. The number of aliphatic carboxylic acids is 1. The Hall–Kier alpha value is -1.82. The number of carboxylic acids is 1. The molecule has 0 radical (unpaired) electrons. The molecule has 146 valence electrons. The molecule has 0 aromatic carbocycles. The normalized spacial score (nSPS) is 28.9. The molecule has 4 rings (SSSR count). The van der Waals surface area contributed by atoms with E-state index in [0.717, 1.165) is 57.4 Å². The van der Waals surface area contributed by atoms with E-state index in [-0.39, 0.29) is 17.9 Å². The van der Waals surface area contributed by atoms with Gasteiger partial charge >= 0.3 is 5.97 Å². The van der Waals surface area contributed by atoms with E-state index in [9.17, 15) is 14.7 Å². The summed E-state index contributed by atoms with van der Waals surface area (Å²) in [5.41, 5.74) is 0. The van der Waals surface area contributed by atoms with Crippen molar-refractivity contribution in [1.29, 1.82) is 0 Å². The highest BCUT2D eigenvalue weighted by atomic mass is 35.5. The average Bonchev–Trinajstić information content (AvgIpc) is 3.08. The van der Waals surface area contributed by atoms with Crippen LogP contribution < -0.4 is 4.90 Å². The van der Waals surface area contributed by atoms with Crippen LogP contribution in [0.15, 0.2) is 18.3 Å². The molecule has 2 aliphatic heterocycles. The van der Waals surface area contributed by atoms with Crippen molar-refractivity contribution in [2.24, 2.45) is 11.8 Å². The molecule has 3 fully saturated rings. The van der Waals surface area contributed by atoms with Crippen molar-refractivity contribution in [2.45, 2.75) is 57.0 Å². The fourth-order valence-electron chi connectivity index (χ4n) is 5.12. The Bertz CT molecular complexity index is 703. The second-order valence-corrected chi connectivity index (χ2v) is 8.48. The van der Waals surface area contributed by atoms with E-state index in [1.54, 1.807) is 11.1 Å². The van der Waals surface area contributed by atoms with Gasteiger partial charge in [-0.1, -0.05) is 24.4 Å². The minimum atomic E-state index is -0.847. The molecule has 1 saturated carbocycles. The zero-order valence-electron chi connectivity index (χ0n) is 15.4. The van der Waals surface area contributed by atoms with Crippen LogP contribution in [0, 0.1) is 11.8 Å². The number of amides is 1. The lowest BCUT2D eigenvalue weighted by Crippen LogP contribution is -2.50. The van der Waals surface area contributed by atoms with Crippen LogP contribution in [0.25, 0.3) is 0 Å². The Morgan fingerprint density at radius 3 is 2.52 bits per heavy atom. The summed E-state index contributed by atoms with van der Waals surface area (Å²) in [7, 11) is 0. The molecule has 1 aliphatic carbocycles. The summed E-state index contributed by atoms with van der Waals surface area (Å²) >= 11 is 5.90. The first kappa shape index (κ1) is 18.5. The van der Waals surface area contributed by atoms with Crippen molar-refractivity contribution in [3.8, 4) is 0 Å². The van der Waals surface area contributed by atoms with Gasteiger partial charge < -0.3 is 14.9 Å². The third-order valence-electron chi connectivity index (χ3n) is 6.51. The van der Waals surface area contributed by atoms with E-state index in [0.29, 0.717) is 17.4 Å². The SMILES string of the molecule is O=C(O)[C@@H]1C[C@H]2CCCC[C@@H]2N1C(=O)C1CCN(c2ccc(Cl)cn2)CC1. The van der Waals surface area contributed by atoms with E-state index in [1.807, 2.05) is 12.1 Å². The lowest BCUT2D eigenvalue weighted by molar-refractivity contribution is -0.152. The summed E-state index contributed by atoms with van der Waals surface area (Å²) in [4.78, 5) is 33.3. The zero-order valence-corrected chi connectivity index (χ0v) is 16.1. The molecule has 3 heterocycles. The summed E-state index contributed by atoms with van der Waals surface area (Å²) < 4.78 is 0. The maximum absolute atomic E-state index is 13.3. The number of piperidine rings is 1. The summed E-state index contributed by atoms with van der Waals surface area (Å²) in [5, 5.41) is 10.3. The third-order valence-corrected chi connectivity index (χ3v) is 6.73. The molecular formula is C20H26ClN3O3.